The number of benzene rings is 2. The number of nitrogens with one attached hydrogen (secondary N) is 2. The van der Waals surface area contributed by atoms with Crippen molar-refractivity contribution < 1.29 is 22.7 Å². The molecule has 0 aliphatic carbocycles. The second-order valence-corrected chi connectivity index (χ2v) is 11.2. The zero-order valence-corrected chi connectivity index (χ0v) is 20.5. The molecule has 0 radical (unpaired) electrons. The number of hydrogen-bond acceptors (Lipinski definition) is 7. The van der Waals surface area contributed by atoms with Crippen molar-refractivity contribution in [2.75, 3.05) is 43.1 Å². The van der Waals surface area contributed by atoms with E-state index in [9.17, 15) is 18.5 Å². The van der Waals surface area contributed by atoms with Crippen molar-refractivity contribution in [3.8, 4) is 11.8 Å². The normalized spacial score (nSPS) is 20.1. The Hall–Kier alpha value is -3.59. The smallest absolute Gasteiger partial charge is 0.245 e. The van der Waals surface area contributed by atoms with Gasteiger partial charge in [-0.2, -0.15) is 9.57 Å². The lowest BCUT2D eigenvalue weighted by Gasteiger charge is -2.41. The van der Waals surface area contributed by atoms with Gasteiger partial charge in [-0.15, -0.1) is 0 Å². The monoisotopic (exact) mass is 507 g/mol. The van der Waals surface area contributed by atoms with Crippen molar-refractivity contribution in [2.45, 2.75) is 30.3 Å². The minimum absolute atomic E-state index is 0.0683. The van der Waals surface area contributed by atoms with Crippen LogP contribution in [-0.2, 0) is 19.6 Å². The van der Waals surface area contributed by atoms with Crippen LogP contribution in [0.5, 0.6) is 5.75 Å². The van der Waals surface area contributed by atoms with Crippen molar-refractivity contribution in [1.82, 2.24) is 9.29 Å². The number of ether oxygens (including phenoxy) is 2. The number of fused-ring (bicyclic) bond motifs is 2. The number of carbonyl (C=O) groups excluding carboxylic acids is 1. The van der Waals surface area contributed by atoms with E-state index in [1.807, 2.05) is 24.3 Å². The van der Waals surface area contributed by atoms with Crippen LogP contribution in [0.25, 0.3) is 10.9 Å². The average molecular weight is 508 g/mol. The molecule has 1 atom stereocenters. The van der Waals surface area contributed by atoms with Gasteiger partial charge in [-0.3, -0.25) is 4.79 Å². The van der Waals surface area contributed by atoms with Crippen LogP contribution < -0.4 is 15.0 Å². The highest BCUT2D eigenvalue weighted by atomic mass is 32.2. The van der Waals surface area contributed by atoms with Crippen molar-refractivity contribution in [2.24, 2.45) is 0 Å². The predicted octanol–water partition coefficient (Wildman–Crippen LogP) is 2.35. The van der Waals surface area contributed by atoms with Gasteiger partial charge in [0.2, 0.25) is 15.9 Å². The van der Waals surface area contributed by atoms with Crippen LogP contribution in [0.1, 0.15) is 17.7 Å². The molecule has 1 amide bonds. The minimum atomic E-state index is -3.97. The van der Waals surface area contributed by atoms with E-state index in [1.54, 1.807) is 25.1 Å². The van der Waals surface area contributed by atoms with E-state index >= 15 is 0 Å². The fraction of sp³-hybridized carbons (Fsp3) is 0.360. The Morgan fingerprint density at radius 1 is 1.19 bits per heavy atom. The van der Waals surface area contributed by atoms with Crippen LogP contribution in [0.2, 0.25) is 0 Å². The number of H-pyrrole nitrogens is 1. The number of nitrogens with zero attached hydrogens (tertiary/aromatic N) is 3. The second kappa shape index (κ2) is 8.51. The highest BCUT2D eigenvalue weighted by molar-refractivity contribution is 7.89. The lowest BCUT2D eigenvalue weighted by atomic mass is 10.1. The summed E-state index contributed by atoms with van der Waals surface area (Å²) in [6.07, 6.45) is 0.422. The van der Waals surface area contributed by atoms with Gasteiger partial charge in [-0.1, -0.05) is 0 Å². The molecule has 0 bridgehead atoms. The summed E-state index contributed by atoms with van der Waals surface area (Å²) in [6.45, 7) is 4.76. The van der Waals surface area contributed by atoms with E-state index in [0.717, 1.165) is 17.8 Å². The maximum absolute atomic E-state index is 13.6. The SMILES string of the molecule is Cc1cc(S(=O)(=O)N2CCC2C(=O)Nc2ccc3c(c2)OCCN3C2COC2)c2[nH]c(C#N)cc2c1. The second-order valence-electron chi connectivity index (χ2n) is 9.35. The molecular formula is C25H25N5O5S. The number of aromatic amines is 1. The molecule has 36 heavy (non-hydrogen) atoms. The first-order valence-corrected chi connectivity index (χ1v) is 13.3. The number of sulfonamides is 1. The standard InChI is InChI=1S/C25H25N5O5S/c1-15-8-16-10-18(12-26)27-24(16)23(9-15)36(32,33)30-5-4-21(30)25(31)28-17-2-3-20-22(11-17)35-7-6-29(20)19-13-34-14-19/h2-3,8-11,19,21,27H,4-7,13-14H2,1H3,(H,28,31). The summed E-state index contributed by atoms with van der Waals surface area (Å²) in [7, 11) is -3.97. The molecule has 3 aliphatic heterocycles. The Morgan fingerprint density at radius 2 is 2.03 bits per heavy atom. The molecule has 186 valence electrons. The van der Waals surface area contributed by atoms with E-state index in [-0.39, 0.29) is 17.1 Å². The number of aryl methyl sites for hydroxylation is 1. The van der Waals surface area contributed by atoms with E-state index in [4.69, 9.17) is 9.47 Å². The Morgan fingerprint density at radius 3 is 2.72 bits per heavy atom. The summed E-state index contributed by atoms with van der Waals surface area (Å²) in [4.78, 5) is 18.3. The molecule has 3 aliphatic rings. The van der Waals surface area contributed by atoms with Gasteiger partial charge in [0.05, 0.1) is 37.0 Å². The first-order chi connectivity index (χ1) is 17.3. The zero-order chi connectivity index (χ0) is 25.0. The summed E-state index contributed by atoms with van der Waals surface area (Å²) >= 11 is 0. The third-order valence-electron chi connectivity index (χ3n) is 7.00. The first-order valence-electron chi connectivity index (χ1n) is 11.8. The van der Waals surface area contributed by atoms with Crippen LogP contribution in [0.3, 0.4) is 0 Å². The quantitative estimate of drug-likeness (QED) is 0.543. The molecule has 10 nitrogen and oxygen atoms in total. The molecule has 1 aromatic heterocycles. The molecule has 6 rings (SSSR count). The van der Waals surface area contributed by atoms with Crippen molar-refractivity contribution in [3.63, 3.8) is 0 Å². The summed E-state index contributed by atoms with van der Waals surface area (Å²) in [6, 6.07) is 12.0. The van der Waals surface area contributed by atoms with Crippen LogP contribution in [0.4, 0.5) is 11.4 Å². The number of nitriles is 1. The number of hydrogen-bond donors (Lipinski definition) is 2. The maximum atomic E-state index is 13.6. The van der Waals surface area contributed by atoms with Gasteiger partial charge < -0.3 is 24.7 Å². The summed E-state index contributed by atoms with van der Waals surface area (Å²) in [5, 5.41) is 12.7. The highest BCUT2D eigenvalue weighted by Gasteiger charge is 2.43. The number of anilines is 2. The molecule has 11 heteroatoms. The molecule has 2 saturated heterocycles. The Kier molecular flexibility index (Phi) is 5.40. The Labute approximate surface area is 208 Å². The molecule has 2 aromatic carbocycles. The number of carbonyl (C=O) groups is 1. The lowest BCUT2D eigenvalue weighted by Crippen LogP contribution is -2.56. The van der Waals surface area contributed by atoms with Crippen molar-refractivity contribution in [3.05, 3.63) is 47.7 Å². The maximum Gasteiger partial charge on any atom is 0.245 e. The molecule has 4 heterocycles. The van der Waals surface area contributed by atoms with E-state index in [0.29, 0.717) is 54.6 Å². The zero-order valence-electron chi connectivity index (χ0n) is 19.7. The fourth-order valence-electron chi connectivity index (χ4n) is 4.98. The van der Waals surface area contributed by atoms with Gasteiger partial charge in [0.25, 0.3) is 0 Å². The van der Waals surface area contributed by atoms with Gasteiger partial charge in [0.1, 0.15) is 35.1 Å². The number of amides is 1. The van der Waals surface area contributed by atoms with Gasteiger partial charge in [0, 0.05) is 23.7 Å². The fourth-order valence-corrected chi connectivity index (χ4v) is 6.88. The van der Waals surface area contributed by atoms with Crippen LogP contribution in [0.15, 0.2) is 41.3 Å². The van der Waals surface area contributed by atoms with Gasteiger partial charge in [-0.05, 0) is 49.2 Å². The van der Waals surface area contributed by atoms with Crippen molar-refractivity contribution in [1.29, 1.82) is 5.26 Å². The Bertz CT molecular complexity index is 1520. The molecule has 2 fully saturated rings. The third-order valence-corrected chi connectivity index (χ3v) is 8.94. The van der Waals surface area contributed by atoms with Crippen LogP contribution >= 0.6 is 0 Å². The van der Waals surface area contributed by atoms with Gasteiger partial charge >= 0.3 is 0 Å². The first kappa shape index (κ1) is 22.8. The topological polar surface area (TPSA) is 128 Å². The van der Waals surface area contributed by atoms with Gasteiger partial charge in [0.15, 0.2) is 0 Å². The highest BCUT2D eigenvalue weighted by Crippen LogP contribution is 2.37. The predicted molar refractivity (Wildman–Crippen MR) is 133 cm³/mol. The summed E-state index contributed by atoms with van der Waals surface area (Å²) in [5.74, 6) is 0.296. The Balaban J connectivity index is 1.23. The number of aromatic nitrogens is 1. The van der Waals surface area contributed by atoms with E-state index in [2.05, 4.69) is 15.2 Å². The van der Waals surface area contributed by atoms with Crippen LogP contribution in [0, 0.1) is 18.3 Å². The molecule has 1 unspecified atom stereocenters. The largest absolute Gasteiger partial charge is 0.489 e. The van der Waals surface area contributed by atoms with E-state index < -0.39 is 22.0 Å². The van der Waals surface area contributed by atoms with Gasteiger partial charge in [-0.25, -0.2) is 8.42 Å². The van der Waals surface area contributed by atoms with Crippen LogP contribution in [-0.4, -0.2) is 68.6 Å². The molecule has 2 N–H and O–H groups in total. The average Bonchev–Trinajstić information content (AvgIpc) is 3.19. The molecular weight excluding hydrogens is 482 g/mol. The lowest BCUT2D eigenvalue weighted by molar-refractivity contribution is -0.122. The van der Waals surface area contributed by atoms with Crippen molar-refractivity contribution >= 4 is 38.2 Å². The summed E-state index contributed by atoms with van der Waals surface area (Å²) in [5.41, 5.74) is 2.92. The molecule has 0 spiro atoms. The number of rotatable bonds is 5. The summed E-state index contributed by atoms with van der Waals surface area (Å²) < 4.78 is 39.5. The van der Waals surface area contributed by atoms with E-state index in [1.165, 1.54) is 4.31 Å². The third kappa shape index (κ3) is 3.69. The minimum Gasteiger partial charge on any atom is -0.489 e. The molecule has 3 aromatic rings. The molecule has 0 saturated carbocycles.